The monoisotopic (exact) mass is 335 g/mol. The van der Waals surface area contributed by atoms with E-state index in [0.29, 0.717) is 17.0 Å². The second-order valence-electron chi connectivity index (χ2n) is 4.27. The van der Waals surface area contributed by atoms with Crippen molar-refractivity contribution < 1.29 is 14.6 Å². The molecule has 0 saturated carbocycles. The molecule has 2 N–H and O–H groups in total. The Kier molecular flexibility index (Phi) is 4.29. The fourth-order valence-corrected chi connectivity index (χ4v) is 2.10. The minimum absolute atomic E-state index is 0.0102. The molecular weight excluding hydrogens is 322 g/mol. The third kappa shape index (κ3) is 2.93. The van der Waals surface area contributed by atoms with Crippen molar-refractivity contribution >= 4 is 27.5 Å². The molecule has 0 aliphatic heterocycles. The first-order valence-electron chi connectivity index (χ1n) is 5.96. The number of anilines is 1. The molecule has 4 nitrogen and oxygen atoms in total. The van der Waals surface area contributed by atoms with Gasteiger partial charge in [0.25, 0.3) is 5.91 Å². The fraction of sp³-hybridized carbons (Fsp3) is 0.133. The lowest BCUT2D eigenvalue weighted by atomic mass is 10.1. The molecule has 0 aliphatic carbocycles. The lowest BCUT2D eigenvalue weighted by Gasteiger charge is -2.11. The topological polar surface area (TPSA) is 58.6 Å². The number of amides is 1. The maximum atomic E-state index is 12.2. The zero-order valence-electron chi connectivity index (χ0n) is 11.1. The summed E-state index contributed by atoms with van der Waals surface area (Å²) in [7, 11) is 1.56. The van der Waals surface area contributed by atoms with Crippen molar-refractivity contribution in [2.24, 2.45) is 0 Å². The van der Waals surface area contributed by atoms with Crippen LogP contribution in [0.15, 0.2) is 40.9 Å². The maximum absolute atomic E-state index is 12.2. The number of phenols is 1. The van der Waals surface area contributed by atoms with E-state index in [4.69, 9.17) is 4.74 Å². The highest BCUT2D eigenvalue weighted by Gasteiger charge is 2.14. The van der Waals surface area contributed by atoms with Gasteiger partial charge in [-0.05, 0) is 46.6 Å². The number of carbonyl (C=O) groups is 1. The Morgan fingerprint density at radius 2 is 2.05 bits per heavy atom. The van der Waals surface area contributed by atoms with E-state index in [0.717, 1.165) is 4.47 Å². The summed E-state index contributed by atoms with van der Waals surface area (Å²) in [4.78, 5) is 12.2. The second kappa shape index (κ2) is 5.96. The highest BCUT2D eigenvalue weighted by Crippen LogP contribution is 2.29. The molecule has 0 aromatic heterocycles. The lowest BCUT2D eigenvalue weighted by Crippen LogP contribution is -2.12. The van der Waals surface area contributed by atoms with Crippen LogP contribution in [0.3, 0.4) is 0 Å². The Hall–Kier alpha value is -2.01. The zero-order valence-corrected chi connectivity index (χ0v) is 12.7. The van der Waals surface area contributed by atoms with Gasteiger partial charge in [0.1, 0.15) is 11.5 Å². The Balaban J connectivity index is 2.30. The average Bonchev–Trinajstić information content (AvgIpc) is 2.44. The van der Waals surface area contributed by atoms with E-state index in [-0.39, 0.29) is 17.2 Å². The molecule has 104 valence electrons. The van der Waals surface area contributed by atoms with E-state index in [2.05, 4.69) is 21.2 Å². The van der Waals surface area contributed by atoms with Crippen molar-refractivity contribution in [1.29, 1.82) is 0 Å². The highest BCUT2D eigenvalue weighted by molar-refractivity contribution is 9.10. The van der Waals surface area contributed by atoms with Crippen LogP contribution in [-0.2, 0) is 0 Å². The molecule has 0 fully saturated rings. The van der Waals surface area contributed by atoms with Crippen molar-refractivity contribution in [2.75, 3.05) is 12.4 Å². The molecule has 0 radical (unpaired) electrons. The van der Waals surface area contributed by atoms with Gasteiger partial charge in [0.05, 0.1) is 18.4 Å². The second-order valence-corrected chi connectivity index (χ2v) is 5.13. The molecule has 2 aromatic rings. The van der Waals surface area contributed by atoms with Crippen LogP contribution in [0.25, 0.3) is 0 Å². The summed E-state index contributed by atoms with van der Waals surface area (Å²) in [5, 5.41) is 12.7. The van der Waals surface area contributed by atoms with Gasteiger partial charge in [-0.1, -0.05) is 12.1 Å². The molecular formula is C15H14BrNO3. The minimum atomic E-state index is -0.375. The molecule has 2 rings (SSSR count). The van der Waals surface area contributed by atoms with Crippen molar-refractivity contribution in [3.63, 3.8) is 0 Å². The van der Waals surface area contributed by atoms with Gasteiger partial charge in [-0.3, -0.25) is 4.79 Å². The first kappa shape index (κ1) is 14.4. The van der Waals surface area contributed by atoms with Crippen LogP contribution in [0, 0.1) is 6.92 Å². The maximum Gasteiger partial charge on any atom is 0.259 e. The fourth-order valence-electron chi connectivity index (χ4n) is 1.76. The Labute approximate surface area is 125 Å². The molecule has 0 atom stereocenters. The standard InChI is InChI=1S/C15H14BrNO3/c1-9-4-3-5-11(14(9)18)15(19)17-13-8-10(20-2)6-7-12(13)16/h3-8,18H,1-2H3,(H,17,19). The number of nitrogens with one attached hydrogen (secondary N) is 1. The van der Waals surface area contributed by atoms with E-state index in [9.17, 15) is 9.90 Å². The van der Waals surface area contributed by atoms with Gasteiger partial charge in [0.15, 0.2) is 0 Å². The number of methoxy groups -OCH3 is 1. The first-order valence-corrected chi connectivity index (χ1v) is 6.75. The molecule has 0 bridgehead atoms. The van der Waals surface area contributed by atoms with Gasteiger partial charge in [0, 0.05) is 10.5 Å². The summed E-state index contributed by atoms with van der Waals surface area (Å²) >= 11 is 3.36. The van der Waals surface area contributed by atoms with E-state index in [1.807, 2.05) is 0 Å². The molecule has 0 spiro atoms. The Morgan fingerprint density at radius 3 is 2.75 bits per heavy atom. The third-order valence-corrected chi connectivity index (χ3v) is 3.60. The van der Waals surface area contributed by atoms with Gasteiger partial charge in [-0.15, -0.1) is 0 Å². The molecule has 0 unspecified atom stereocenters. The number of phenolic OH excluding ortho intramolecular Hbond substituents is 1. The highest BCUT2D eigenvalue weighted by atomic mass is 79.9. The predicted molar refractivity (Wildman–Crippen MR) is 81.5 cm³/mol. The number of rotatable bonds is 3. The van der Waals surface area contributed by atoms with Gasteiger partial charge in [0.2, 0.25) is 0 Å². The molecule has 5 heteroatoms. The summed E-state index contributed by atoms with van der Waals surface area (Å²) in [5.41, 5.74) is 1.47. The van der Waals surface area contributed by atoms with Gasteiger partial charge in [-0.25, -0.2) is 0 Å². The summed E-state index contributed by atoms with van der Waals surface area (Å²) in [6.07, 6.45) is 0. The summed E-state index contributed by atoms with van der Waals surface area (Å²) in [6.45, 7) is 1.74. The van der Waals surface area contributed by atoms with Crippen molar-refractivity contribution in [3.8, 4) is 11.5 Å². The van der Waals surface area contributed by atoms with Crippen LogP contribution in [0.5, 0.6) is 11.5 Å². The number of aromatic hydroxyl groups is 1. The van der Waals surface area contributed by atoms with E-state index in [1.165, 1.54) is 0 Å². The van der Waals surface area contributed by atoms with Crippen molar-refractivity contribution in [3.05, 3.63) is 52.0 Å². The molecule has 0 heterocycles. The quantitative estimate of drug-likeness (QED) is 0.898. The molecule has 0 aliphatic rings. The number of benzene rings is 2. The summed E-state index contributed by atoms with van der Waals surface area (Å²) < 4.78 is 5.85. The minimum Gasteiger partial charge on any atom is -0.507 e. The van der Waals surface area contributed by atoms with Crippen LogP contribution in [0.2, 0.25) is 0 Å². The third-order valence-electron chi connectivity index (χ3n) is 2.90. The summed E-state index contributed by atoms with van der Waals surface area (Å²) in [6, 6.07) is 10.3. The molecule has 20 heavy (non-hydrogen) atoms. The van der Waals surface area contributed by atoms with Gasteiger partial charge >= 0.3 is 0 Å². The Morgan fingerprint density at radius 1 is 1.30 bits per heavy atom. The van der Waals surface area contributed by atoms with E-state index >= 15 is 0 Å². The molecule has 2 aromatic carbocycles. The number of halogens is 1. The number of hydrogen-bond acceptors (Lipinski definition) is 3. The zero-order chi connectivity index (χ0) is 14.7. The number of carbonyl (C=O) groups excluding carboxylic acids is 1. The molecule has 1 amide bonds. The van der Waals surface area contributed by atoms with E-state index in [1.54, 1.807) is 50.4 Å². The summed E-state index contributed by atoms with van der Waals surface area (Å²) in [5.74, 6) is 0.251. The van der Waals surface area contributed by atoms with Gasteiger partial charge in [-0.2, -0.15) is 0 Å². The van der Waals surface area contributed by atoms with Crippen LogP contribution in [-0.4, -0.2) is 18.1 Å². The number of hydrogen-bond donors (Lipinski definition) is 2. The van der Waals surface area contributed by atoms with Crippen LogP contribution < -0.4 is 10.1 Å². The van der Waals surface area contributed by atoms with Crippen LogP contribution >= 0.6 is 15.9 Å². The average molecular weight is 336 g/mol. The SMILES string of the molecule is COc1ccc(Br)c(NC(=O)c2cccc(C)c2O)c1. The van der Waals surface area contributed by atoms with Crippen LogP contribution in [0.4, 0.5) is 5.69 Å². The first-order chi connectivity index (χ1) is 9.52. The number of aryl methyl sites for hydroxylation is 1. The number of para-hydroxylation sites is 1. The largest absolute Gasteiger partial charge is 0.507 e. The van der Waals surface area contributed by atoms with Gasteiger partial charge < -0.3 is 15.2 Å². The normalized spacial score (nSPS) is 10.2. The van der Waals surface area contributed by atoms with Crippen molar-refractivity contribution in [1.82, 2.24) is 0 Å². The molecule has 0 saturated heterocycles. The smallest absolute Gasteiger partial charge is 0.259 e. The van der Waals surface area contributed by atoms with Crippen molar-refractivity contribution in [2.45, 2.75) is 6.92 Å². The Bertz CT molecular complexity index is 656. The number of ether oxygens (including phenoxy) is 1. The van der Waals surface area contributed by atoms with Crippen LogP contribution in [0.1, 0.15) is 15.9 Å². The van der Waals surface area contributed by atoms with E-state index < -0.39 is 0 Å². The lowest BCUT2D eigenvalue weighted by molar-refractivity contribution is 0.102. The predicted octanol–water partition coefficient (Wildman–Crippen LogP) is 3.72.